The van der Waals surface area contributed by atoms with Gasteiger partial charge in [0.1, 0.15) is 6.10 Å². The van der Waals surface area contributed by atoms with Gasteiger partial charge in [0.15, 0.2) is 0 Å². The molecule has 2 rings (SSSR count). The summed E-state index contributed by atoms with van der Waals surface area (Å²) in [5.74, 6) is -0.106. The van der Waals surface area contributed by atoms with Gasteiger partial charge in [-0.2, -0.15) is 0 Å². The van der Waals surface area contributed by atoms with E-state index in [4.69, 9.17) is 9.15 Å². The summed E-state index contributed by atoms with van der Waals surface area (Å²) in [6.45, 7) is 1.66. The Labute approximate surface area is 88.0 Å². The van der Waals surface area contributed by atoms with Gasteiger partial charge in [-0.25, -0.2) is 4.79 Å². The highest BCUT2D eigenvalue weighted by Crippen LogP contribution is 2.08. The first-order valence-electron chi connectivity index (χ1n) is 4.31. The van der Waals surface area contributed by atoms with Crippen LogP contribution in [0.1, 0.15) is 17.0 Å². The molecule has 1 aromatic rings. The van der Waals surface area contributed by atoms with Gasteiger partial charge in [-0.15, -0.1) is 12.4 Å². The Morgan fingerprint density at radius 3 is 3.07 bits per heavy atom. The quantitative estimate of drug-likeness (QED) is 0.757. The SMILES string of the molecule is Cl.O=C(OC1CCNC1)c1ccco1. The lowest BCUT2D eigenvalue weighted by atomic mass is 10.3. The van der Waals surface area contributed by atoms with Gasteiger partial charge >= 0.3 is 5.97 Å². The molecule has 78 valence electrons. The number of carbonyl (C=O) groups excluding carboxylic acids is 1. The van der Waals surface area contributed by atoms with Crippen LogP contribution in [0.4, 0.5) is 0 Å². The third-order valence-electron chi connectivity index (χ3n) is 2.01. The molecular weight excluding hydrogens is 206 g/mol. The third kappa shape index (κ3) is 2.49. The van der Waals surface area contributed by atoms with Crippen LogP contribution in [-0.2, 0) is 4.74 Å². The second-order valence-corrected chi connectivity index (χ2v) is 3.00. The molecule has 0 saturated carbocycles. The van der Waals surface area contributed by atoms with Crippen LogP contribution in [0.25, 0.3) is 0 Å². The van der Waals surface area contributed by atoms with E-state index in [9.17, 15) is 4.79 Å². The average molecular weight is 218 g/mol. The molecule has 5 heteroatoms. The Balaban J connectivity index is 0.000000980. The fourth-order valence-electron chi connectivity index (χ4n) is 1.33. The molecule has 0 spiro atoms. The van der Waals surface area contributed by atoms with Crippen molar-refractivity contribution in [1.82, 2.24) is 5.32 Å². The largest absolute Gasteiger partial charge is 0.457 e. The molecule has 1 fully saturated rings. The first kappa shape index (κ1) is 11.1. The van der Waals surface area contributed by atoms with E-state index in [1.807, 2.05) is 0 Å². The van der Waals surface area contributed by atoms with Crippen molar-refractivity contribution in [2.24, 2.45) is 0 Å². The van der Waals surface area contributed by atoms with Crippen LogP contribution in [0.15, 0.2) is 22.8 Å². The molecule has 0 bridgehead atoms. The minimum atomic E-state index is -0.376. The number of rotatable bonds is 2. The molecule has 1 aromatic heterocycles. The number of nitrogens with one attached hydrogen (secondary N) is 1. The van der Waals surface area contributed by atoms with E-state index in [2.05, 4.69) is 5.32 Å². The second kappa shape index (κ2) is 5.02. The summed E-state index contributed by atoms with van der Waals surface area (Å²) >= 11 is 0. The van der Waals surface area contributed by atoms with E-state index < -0.39 is 0 Å². The number of esters is 1. The summed E-state index contributed by atoms with van der Waals surface area (Å²) in [5.41, 5.74) is 0. The monoisotopic (exact) mass is 217 g/mol. The molecule has 0 radical (unpaired) electrons. The summed E-state index contributed by atoms with van der Waals surface area (Å²) in [6.07, 6.45) is 2.34. The van der Waals surface area contributed by atoms with Crippen molar-refractivity contribution < 1.29 is 13.9 Å². The van der Waals surface area contributed by atoms with Gasteiger partial charge in [-0.05, 0) is 25.1 Å². The molecule has 0 aliphatic carbocycles. The molecule has 1 saturated heterocycles. The standard InChI is InChI=1S/C9H11NO3.ClH/c11-9(8-2-1-5-12-8)13-7-3-4-10-6-7;/h1-2,5,7,10H,3-4,6H2;1H. The van der Waals surface area contributed by atoms with Crippen LogP contribution in [-0.4, -0.2) is 25.2 Å². The van der Waals surface area contributed by atoms with Crippen molar-refractivity contribution in [2.75, 3.05) is 13.1 Å². The summed E-state index contributed by atoms with van der Waals surface area (Å²) < 4.78 is 10.1. The van der Waals surface area contributed by atoms with Crippen molar-refractivity contribution in [3.63, 3.8) is 0 Å². The second-order valence-electron chi connectivity index (χ2n) is 3.00. The zero-order chi connectivity index (χ0) is 9.10. The van der Waals surface area contributed by atoms with E-state index in [0.29, 0.717) is 0 Å². The van der Waals surface area contributed by atoms with Crippen molar-refractivity contribution >= 4 is 18.4 Å². The lowest BCUT2D eigenvalue weighted by Gasteiger charge is -2.08. The highest BCUT2D eigenvalue weighted by Gasteiger charge is 2.20. The molecule has 1 unspecified atom stereocenters. The predicted octanol–water partition coefficient (Wildman–Crippen LogP) is 1.22. The minimum Gasteiger partial charge on any atom is -0.457 e. The van der Waals surface area contributed by atoms with E-state index >= 15 is 0 Å². The Kier molecular flexibility index (Phi) is 3.98. The third-order valence-corrected chi connectivity index (χ3v) is 2.01. The first-order chi connectivity index (χ1) is 6.36. The molecule has 14 heavy (non-hydrogen) atoms. The topological polar surface area (TPSA) is 51.5 Å². The Morgan fingerprint density at radius 1 is 1.64 bits per heavy atom. The molecular formula is C9H12ClNO3. The summed E-state index contributed by atoms with van der Waals surface area (Å²) in [6, 6.07) is 3.27. The molecule has 1 N–H and O–H groups in total. The van der Waals surface area contributed by atoms with Crippen LogP contribution in [0, 0.1) is 0 Å². The molecule has 1 atom stereocenters. The van der Waals surface area contributed by atoms with Crippen LogP contribution in [0.3, 0.4) is 0 Å². The first-order valence-corrected chi connectivity index (χ1v) is 4.31. The molecule has 0 amide bonds. The number of furan rings is 1. The number of hydrogen-bond acceptors (Lipinski definition) is 4. The molecule has 1 aliphatic heterocycles. The average Bonchev–Trinajstić information content (AvgIpc) is 2.74. The lowest BCUT2D eigenvalue weighted by Crippen LogP contribution is -2.20. The summed E-state index contributed by atoms with van der Waals surface area (Å²) in [7, 11) is 0. The van der Waals surface area contributed by atoms with Crippen molar-refractivity contribution in [2.45, 2.75) is 12.5 Å². The molecule has 1 aliphatic rings. The highest BCUT2D eigenvalue weighted by atomic mass is 35.5. The molecule has 2 heterocycles. The van der Waals surface area contributed by atoms with Crippen molar-refractivity contribution in [1.29, 1.82) is 0 Å². The summed E-state index contributed by atoms with van der Waals surface area (Å²) in [5, 5.41) is 3.12. The maximum absolute atomic E-state index is 11.3. The fourth-order valence-corrected chi connectivity index (χ4v) is 1.33. The van der Waals surface area contributed by atoms with Crippen LogP contribution in [0.2, 0.25) is 0 Å². The van der Waals surface area contributed by atoms with Crippen molar-refractivity contribution in [3.05, 3.63) is 24.2 Å². The predicted molar refractivity (Wildman–Crippen MR) is 52.6 cm³/mol. The van der Waals surface area contributed by atoms with Gasteiger partial charge in [0.05, 0.1) is 6.26 Å². The minimum absolute atomic E-state index is 0. The number of carbonyl (C=O) groups is 1. The van der Waals surface area contributed by atoms with Crippen LogP contribution in [0.5, 0.6) is 0 Å². The number of halogens is 1. The van der Waals surface area contributed by atoms with Crippen LogP contribution >= 0.6 is 12.4 Å². The zero-order valence-corrected chi connectivity index (χ0v) is 8.38. The maximum atomic E-state index is 11.3. The van der Waals surface area contributed by atoms with Crippen LogP contribution < -0.4 is 5.32 Å². The molecule has 4 nitrogen and oxygen atoms in total. The van der Waals surface area contributed by atoms with E-state index in [1.165, 1.54) is 6.26 Å². The van der Waals surface area contributed by atoms with Gasteiger partial charge in [0.2, 0.25) is 5.76 Å². The summed E-state index contributed by atoms with van der Waals surface area (Å²) in [4.78, 5) is 11.3. The van der Waals surface area contributed by atoms with Gasteiger partial charge in [0, 0.05) is 6.54 Å². The number of hydrogen-bond donors (Lipinski definition) is 1. The highest BCUT2D eigenvalue weighted by molar-refractivity contribution is 5.86. The van der Waals surface area contributed by atoms with E-state index in [-0.39, 0.29) is 30.2 Å². The number of ether oxygens (including phenoxy) is 1. The van der Waals surface area contributed by atoms with E-state index in [1.54, 1.807) is 12.1 Å². The Bertz CT molecular complexity index is 280. The molecule has 0 aromatic carbocycles. The van der Waals surface area contributed by atoms with Crippen molar-refractivity contribution in [3.8, 4) is 0 Å². The lowest BCUT2D eigenvalue weighted by molar-refractivity contribution is 0.0308. The van der Waals surface area contributed by atoms with Gasteiger partial charge in [-0.3, -0.25) is 0 Å². The van der Waals surface area contributed by atoms with Gasteiger partial charge < -0.3 is 14.5 Å². The normalized spacial score (nSPS) is 20.1. The fraction of sp³-hybridized carbons (Fsp3) is 0.444. The Hall–Kier alpha value is -1.00. The van der Waals surface area contributed by atoms with Gasteiger partial charge in [-0.1, -0.05) is 0 Å². The van der Waals surface area contributed by atoms with E-state index in [0.717, 1.165) is 19.5 Å². The van der Waals surface area contributed by atoms with Gasteiger partial charge in [0.25, 0.3) is 0 Å². The Morgan fingerprint density at radius 2 is 2.50 bits per heavy atom. The smallest absolute Gasteiger partial charge is 0.374 e. The maximum Gasteiger partial charge on any atom is 0.374 e. The zero-order valence-electron chi connectivity index (χ0n) is 7.56.